The molecule has 0 spiro atoms. The molecule has 1 heterocycles. The van der Waals surface area contributed by atoms with E-state index in [9.17, 15) is 14.4 Å². The van der Waals surface area contributed by atoms with Gasteiger partial charge in [-0.2, -0.15) is 0 Å². The lowest BCUT2D eigenvalue weighted by Crippen LogP contribution is -2.40. The number of hydrogen-bond donors (Lipinski definition) is 2. The summed E-state index contributed by atoms with van der Waals surface area (Å²) in [7, 11) is 1.53. The molecule has 0 saturated carbocycles. The Bertz CT molecular complexity index is 838. The number of nitrogens with two attached hydrogens (primary N) is 1. The third-order valence-electron chi connectivity index (χ3n) is 3.88. The predicted octanol–water partition coefficient (Wildman–Crippen LogP) is 1.96. The summed E-state index contributed by atoms with van der Waals surface area (Å²) < 4.78 is 10.1. The first-order valence-corrected chi connectivity index (χ1v) is 9.92. The summed E-state index contributed by atoms with van der Waals surface area (Å²) in [6.07, 6.45) is 0. The SMILES string of the molecule is CCOC(=O)c1sc(-c2ccccc2)cc1NC(=O)CN(CCOC)CC(N)=O. The second kappa shape index (κ2) is 11.3. The molecule has 0 saturated heterocycles. The number of primary amides is 1. The summed E-state index contributed by atoms with van der Waals surface area (Å²) in [5, 5.41) is 2.76. The van der Waals surface area contributed by atoms with Crippen molar-refractivity contribution in [3.8, 4) is 10.4 Å². The Morgan fingerprint density at radius 3 is 2.52 bits per heavy atom. The van der Waals surface area contributed by atoms with Crippen LogP contribution >= 0.6 is 11.3 Å². The maximum absolute atomic E-state index is 12.6. The van der Waals surface area contributed by atoms with E-state index in [1.807, 2.05) is 30.3 Å². The highest BCUT2D eigenvalue weighted by molar-refractivity contribution is 7.18. The number of anilines is 1. The Morgan fingerprint density at radius 2 is 1.90 bits per heavy atom. The van der Waals surface area contributed by atoms with E-state index >= 15 is 0 Å². The number of nitrogens with one attached hydrogen (secondary N) is 1. The number of methoxy groups -OCH3 is 1. The lowest BCUT2D eigenvalue weighted by atomic mass is 10.2. The van der Waals surface area contributed by atoms with E-state index in [1.54, 1.807) is 17.9 Å². The van der Waals surface area contributed by atoms with Crippen LogP contribution in [0.1, 0.15) is 16.6 Å². The number of hydrogen-bond acceptors (Lipinski definition) is 7. The number of nitrogens with zero attached hydrogens (tertiary/aromatic N) is 1. The Morgan fingerprint density at radius 1 is 1.17 bits per heavy atom. The van der Waals surface area contributed by atoms with Crippen molar-refractivity contribution < 1.29 is 23.9 Å². The summed E-state index contributed by atoms with van der Waals surface area (Å²) in [5.41, 5.74) is 6.55. The molecule has 2 amide bonds. The van der Waals surface area contributed by atoms with Crippen LogP contribution < -0.4 is 11.1 Å². The molecule has 0 atom stereocenters. The van der Waals surface area contributed by atoms with E-state index in [0.29, 0.717) is 23.7 Å². The van der Waals surface area contributed by atoms with Gasteiger partial charge < -0.3 is 20.5 Å². The minimum absolute atomic E-state index is 0.0644. The first-order valence-electron chi connectivity index (χ1n) is 9.10. The molecule has 8 nitrogen and oxygen atoms in total. The van der Waals surface area contributed by atoms with E-state index < -0.39 is 11.9 Å². The van der Waals surface area contributed by atoms with Gasteiger partial charge in [0.15, 0.2) is 0 Å². The zero-order valence-electron chi connectivity index (χ0n) is 16.5. The fourth-order valence-corrected chi connectivity index (χ4v) is 3.64. The highest BCUT2D eigenvalue weighted by atomic mass is 32.1. The maximum atomic E-state index is 12.6. The predicted molar refractivity (Wildman–Crippen MR) is 112 cm³/mol. The van der Waals surface area contributed by atoms with Crippen LogP contribution in [0.25, 0.3) is 10.4 Å². The molecule has 1 aromatic heterocycles. The van der Waals surface area contributed by atoms with Gasteiger partial charge in [-0.3, -0.25) is 14.5 Å². The van der Waals surface area contributed by atoms with E-state index in [4.69, 9.17) is 15.2 Å². The Kier molecular flexibility index (Phi) is 8.78. The zero-order chi connectivity index (χ0) is 21.2. The van der Waals surface area contributed by atoms with Crippen molar-refractivity contribution >= 4 is 34.8 Å². The second-order valence-electron chi connectivity index (χ2n) is 6.16. The molecule has 9 heteroatoms. The van der Waals surface area contributed by atoms with Gasteiger partial charge in [-0.25, -0.2) is 4.79 Å². The van der Waals surface area contributed by atoms with Crippen molar-refractivity contribution in [2.24, 2.45) is 5.73 Å². The molecule has 29 heavy (non-hydrogen) atoms. The fourth-order valence-electron chi connectivity index (χ4n) is 2.62. The fraction of sp³-hybridized carbons (Fsp3) is 0.350. The van der Waals surface area contributed by atoms with Crippen LogP contribution in [0.2, 0.25) is 0 Å². The summed E-state index contributed by atoms with van der Waals surface area (Å²) in [6, 6.07) is 11.3. The van der Waals surface area contributed by atoms with Crippen molar-refractivity contribution in [3.63, 3.8) is 0 Å². The van der Waals surface area contributed by atoms with Gasteiger partial charge in [-0.15, -0.1) is 11.3 Å². The smallest absolute Gasteiger partial charge is 0.350 e. The van der Waals surface area contributed by atoms with Crippen molar-refractivity contribution in [2.75, 3.05) is 45.3 Å². The van der Waals surface area contributed by atoms with Crippen LogP contribution in [0, 0.1) is 0 Å². The number of thiophene rings is 1. The standard InChI is InChI=1S/C20H25N3O5S/c1-3-28-20(26)19-15(11-16(29-19)14-7-5-4-6-8-14)22-18(25)13-23(9-10-27-2)12-17(21)24/h4-8,11H,3,9-10,12-13H2,1-2H3,(H2,21,24)(H,22,25). The number of esters is 1. The molecule has 0 unspecified atom stereocenters. The second-order valence-corrected chi connectivity index (χ2v) is 7.21. The van der Waals surface area contributed by atoms with Gasteiger partial charge in [0.05, 0.1) is 32.0 Å². The van der Waals surface area contributed by atoms with Crippen molar-refractivity contribution in [3.05, 3.63) is 41.3 Å². The Labute approximate surface area is 173 Å². The Hall–Kier alpha value is -2.75. The van der Waals surface area contributed by atoms with Gasteiger partial charge in [0.1, 0.15) is 4.88 Å². The monoisotopic (exact) mass is 419 g/mol. The quantitative estimate of drug-likeness (QED) is 0.539. The first kappa shape index (κ1) is 22.5. The van der Waals surface area contributed by atoms with E-state index in [2.05, 4.69) is 5.32 Å². The van der Waals surface area contributed by atoms with Crippen LogP contribution in [0.5, 0.6) is 0 Å². The van der Waals surface area contributed by atoms with E-state index in [1.165, 1.54) is 18.4 Å². The summed E-state index contributed by atoms with van der Waals surface area (Å²) in [4.78, 5) is 38.9. The molecule has 2 rings (SSSR count). The molecular formula is C20H25N3O5S. The first-order chi connectivity index (χ1) is 13.9. The normalized spacial score (nSPS) is 10.7. The van der Waals surface area contributed by atoms with Crippen molar-refractivity contribution in [2.45, 2.75) is 6.92 Å². The van der Waals surface area contributed by atoms with Gasteiger partial charge in [-0.05, 0) is 18.6 Å². The zero-order valence-corrected chi connectivity index (χ0v) is 17.3. The minimum atomic E-state index is -0.539. The van der Waals surface area contributed by atoms with Crippen LogP contribution in [-0.4, -0.2) is 62.6 Å². The number of benzene rings is 1. The van der Waals surface area contributed by atoms with Gasteiger partial charge >= 0.3 is 5.97 Å². The number of rotatable bonds is 11. The third-order valence-corrected chi connectivity index (χ3v) is 5.05. The van der Waals surface area contributed by atoms with Crippen LogP contribution in [0.4, 0.5) is 5.69 Å². The molecule has 0 aliphatic carbocycles. The number of carbonyl (C=O) groups excluding carboxylic acids is 3. The van der Waals surface area contributed by atoms with Gasteiger partial charge in [0.2, 0.25) is 11.8 Å². The molecule has 156 valence electrons. The van der Waals surface area contributed by atoms with Crippen LogP contribution in [0.3, 0.4) is 0 Å². The van der Waals surface area contributed by atoms with Gasteiger partial charge in [-0.1, -0.05) is 30.3 Å². The topological polar surface area (TPSA) is 111 Å². The average molecular weight is 420 g/mol. The number of ether oxygens (including phenoxy) is 2. The van der Waals surface area contributed by atoms with Crippen LogP contribution in [0.15, 0.2) is 36.4 Å². The van der Waals surface area contributed by atoms with Gasteiger partial charge in [0, 0.05) is 18.5 Å². The lowest BCUT2D eigenvalue weighted by molar-refractivity contribution is -0.121. The summed E-state index contributed by atoms with van der Waals surface area (Å²) in [5.74, 6) is -1.41. The molecular weight excluding hydrogens is 394 g/mol. The van der Waals surface area contributed by atoms with Gasteiger partial charge in [0.25, 0.3) is 0 Å². The molecule has 3 N–H and O–H groups in total. The molecule has 0 bridgehead atoms. The minimum Gasteiger partial charge on any atom is -0.462 e. The summed E-state index contributed by atoms with van der Waals surface area (Å²) in [6.45, 7) is 2.54. The van der Waals surface area contributed by atoms with Crippen molar-refractivity contribution in [1.82, 2.24) is 4.90 Å². The summed E-state index contributed by atoms with van der Waals surface area (Å²) >= 11 is 1.25. The molecule has 1 aromatic carbocycles. The number of amides is 2. The molecule has 0 fully saturated rings. The van der Waals surface area contributed by atoms with E-state index in [-0.39, 0.29) is 25.6 Å². The largest absolute Gasteiger partial charge is 0.462 e. The third kappa shape index (κ3) is 6.97. The highest BCUT2D eigenvalue weighted by Crippen LogP contribution is 2.35. The maximum Gasteiger partial charge on any atom is 0.350 e. The Balaban J connectivity index is 2.20. The molecule has 2 aromatic rings. The highest BCUT2D eigenvalue weighted by Gasteiger charge is 2.21. The lowest BCUT2D eigenvalue weighted by Gasteiger charge is -2.19. The molecule has 0 radical (unpaired) electrons. The van der Waals surface area contributed by atoms with Crippen molar-refractivity contribution in [1.29, 1.82) is 0 Å². The average Bonchev–Trinajstić information content (AvgIpc) is 3.10. The van der Waals surface area contributed by atoms with E-state index in [0.717, 1.165) is 10.4 Å². The molecule has 0 aliphatic heterocycles. The molecule has 0 aliphatic rings. The number of carbonyl (C=O) groups is 3. The van der Waals surface area contributed by atoms with Crippen LogP contribution in [-0.2, 0) is 19.1 Å².